The van der Waals surface area contributed by atoms with Crippen molar-refractivity contribution in [3.05, 3.63) is 34.2 Å². The van der Waals surface area contributed by atoms with Gasteiger partial charge in [0.2, 0.25) is 5.56 Å². The maximum absolute atomic E-state index is 12.2. The van der Waals surface area contributed by atoms with E-state index in [0.29, 0.717) is 5.56 Å². The van der Waals surface area contributed by atoms with Crippen molar-refractivity contribution in [2.45, 2.75) is 13.0 Å². The number of H-pyrrole nitrogens is 1. The molecule has 1 aromatic rings. The average Bonchev–Trinajstić information content (AvgIpc) is 2.29. The van der Waals surface area contributed by atoms with Crippen molar-refractivity contribution in [3.8, 4) is 0 Å². The summed E-state index contributed by atoms with van der Waals surface area (Å²) in [5, 5.41) is 0. The van der Waals surface area contributed by atoms with E-state index in [4.69, 9.17) is 0 Å². The minimum Gasteiger partial charge on any atom is -0.333 e. The fourth-order valence-electron chi connectivity index (χ4n) is 2.15. The summed E-state index contributed by atoms with van der Waals surface area (Å²) in [6, 6.07) is 3.16. The third-order valence-corrected chi connectivity index (χ3v) is 3.12. The van der Waals surface area contributed by atoms with Gasteiger partial charge in [0, 0.05) is 37.9 Å². The van der Waals surface area contributed by atoms with E-state index in [9.17, 15) is 9.59 Å². The number of aromatic amines is 1. The van der Waals surface area contributed by atoms with Crippen LogP contribution in [0.2, 0.25) is 0 Å². The van der Waals surface area contributed by atoms with E-state index >= 15 is 0 Å². The standard InChI is InChI=1S/C12H17N3O2/c1-9-8-14(2)5-6-15(9)12(17)10-3-4-11(16)13-7-10/h3-4,7,9H,5-6,8H2,1-2H3,(H,13,16). The molecule has 1 aliphatic rings. The minimum atomic E-state index is -0.187. The van der Waals surface area contributed by atoms with Crippen molar-refractivity contribution >= 4 is 5.91 Å². The summed E-state index contributed by atoms with van der Waals surface area (Å²) in [7, 11) is 2.05. The average molecular weight is 235 g/mol. The van der Waals surface area contributed by atoms with Gasteiger partial charge in [-0.3, -0.25) is 9.59 Å². The first-order valence-corrected chi connectivity index (χ1v) is 5.76. The highest BCUT2D eigenvalue weighted by molar-refractivity contribution is 5.94. The van der Waals surface area contributed by atoms with E-state index in [1.54, 1.807) is 6.07 Å². The zero-order chi connectivity index (χ0) is 12.4. The van der Waals surface area contributed by atoms with E-state index in [1.165, 1.54) is 12.3 Å². The van der Waals surface area contributed by atoms with Crippen LogP contribution >= 0.6 is 0 Å². The Morgan fingerprint density at radius 2 is 2.18 bits per heavy atom. The highest BCUT2D eigenvalue weighted by Crippen LogP contribution is 2.11. The van der Waals surface area contributed by atoms with E-state index in [-0.39, 0.29) is 17.5 Å². The van der Waals surface area contributed by atoms with Crippen LogP contribution in [0.15, 0.2) is 23.1 Å². The number of carbonyl (C=O) groups is 1. The summed E-state index contributed by atoms with van der Waals surface area (Å²) in [5.74, 6) is -0.0122. The first-order valence-electron chi connectivity index (χ1n) is 5.76. The van der Waals surface area contributed by atoms with E-state index < -0.39 is 0 Å². The van der Waals surface area contributed by atoms with Crippen LogP contribution in [-0.2, 0) is 0 Å². The summed E-state index contributed by atoms with van der Waals surface area (Å²) < 4.78 is 0. The molecule has 5 nitrogen and oxygen atoms in total. The van der Waals surface area contributed by atoms with Crippen LogP contribution in [0.5, 0.6) is 0 Å². The van der Waals surface area contributed by atoms with Crippen molar-refractivity contribution in [1.82, 2.24) is 14.8 Å². The number of nitrogens with zero attached hydrogens (tertiary/aromatic N) is 2. The first-order chi connectivity index (χ1) is 8.08. The van der Waals surface area contributed by atoms with Crippen molar-refractivity contribution in [1.29, 1.82) is 0 Å². The number of carbonyl (C=O) groups excluding carboxylic acids is 1. The van der Waals surface area contributed by atoms with Crippen LogP contribution in [0.25, 0.3) is 0 Å². The maximum Gasteiger partial charge on any atom is 0.255 e. The molecule has 1 fully saturated rings. The molecule has 1 N–H and O–H groups in total. The Morgan fingerprint density at radius 3 is 2.76 bits per heavy atom. The van der Waals surface area contributed by atoms with Crippen molar-refractivity contribution in [3.63, 3.8) is 0 Å². The van der Waals surface area contributed by atoms with Gasteiger partial charge in [0.15, 0.2) is 0 Å². The largest absolute Gasteiger partial charge is 0.333 e. The van der Waals surface area contributed by atoms with Crippen molar-refractivity contribution in [2.24, 2.45) is 0 Å². The van der Waals surface area contributed by atoms with Gasteiger partial charge in [-0.1, -0.05) is 0 Å². The molecule has 1 saturated heterocycles. The Bertz CT molecular complexity index is 449. The monoisotopic (exact) mass is 235 g/mol. The second-order valence-corrected chi connectivity index (χ2v) is 4.55. The Hall–Kier alpha value is -1.62. The van der Waals surface area contributed by atoms with Gasteiger partial charge in [-0.15, -0.1) is 0 Å². The van der Waals surface area contributed by atoms with Gasteiger partial charge < -0.3 is 14.8 Å². The third-order valence-electron chi connectivity index (χ3n) is 3.12. The summed E-state index contributed by atoms with van der Waals surface area (Å²) in [4.78, 5) is 29.7. The molecule has 17 heavy (non-hydrogen) atoms. The predicted molar refractivity (Wildman–Crippen MR) is 65.1 cm³/mol. The molecule has 0 aliphatic carbocycles. The van der Waals surface area contributed by atoms with Gasteiger partial charge in [0.05, 0.1) is 5.56 Å². The number of hydrogen-bond acceptors (Lipinski definition) is 3. The molecule has 5 heteroatoms. The fourth-order valence-corrected chi connectivity index (χ4v) is 2.15. The highest BCUT2D eigenvalue weighted by Gasteiger charge is 2.26. The summed E-state index contributed by atoms with van der Waals surface area (Å²) >= 11 is 0. The molecule has 0 radical (unpaired) electrons. The highest BCUT2D eigenvalue weighted by atomic mass is 16.2. The Morgan fingerprint density at radius 1 is 1.41 bits per heavy atom. The topological polar surface area (TPSA) is 56.4 Å². The molecule has 0 spiro atoms. The zero-order valence-electron chi connectivity index (χ0n) is 10.1. The summed E-state index contributed by atoms with van der Waals surface area (Å²) in [5.41, 5.74) is 0.356. The Labute approximate surface area is 100 Å². The lowest BCUT2D eigenvalue weighted by Crippen LogP contribution is -2.52. The van der Waals surface area contributed by atoms with Gasteiger partial charge in [0.25, 0.3) is 5.91 Å². The number of aromatic nitrogens is 1. The lowest BCUT2D eigenvalue weighted by atomic mass is 10.1. The number of amides is 1. The number of hydrogen-bond donors (Lipinski definition) is 1. The fraction of sp³-hybridized carbons (Fsp3) is 0.500. The summed E-state index contributed by atoms with van der Waals surface area (Å²) in [6.07, 6.45) is 1.48. The number of nitrogens with one attached hydrogen (secondary N) is 1. The molecular weight excluding hydrogens is 218 g/mol. The normalized spacial score (nSPS) is 21.5. The molecule has 2 heterocycles. The number of piperazine rings is 1. The third kappa shape index (κ3) is 2.55. The van der Waals surface area contributed by atoms with Crippen LogP contribution in [0, 0.1) is 0 Å². The minimum absolute atomic E-state index is 0.0122. The second kappa shape index (κ2) is 4.71. The van der Waals surface area contributed by atoms with E-state index in [0.717, 1.165) is 19.6 Å². The molecule has 1 unspecified atom stereocenters. The van der Waals surface area contributed by atoms with Gasteiger partial charge >= 0.3 is 0 Å². The van der Waals surface area contributed by atoms with Crippen molar-refractivity contribution in [2.75, 3.05) is 26.7 Å². The van der Waals surface area contributed by atoms with Crippen LogP contribution in [0.4, 0.5) is 0 Å². The Balaban J connectivity index is 2.14. The lowest BCUT2D eigenvalue weighted by Gasteiger charge is -2.38. The molecule has 2 rings (SSSR count). The molecule has 1 atom stereocenters. The molecule has 0 aromatic carbocycles. The van der Waals surface area contributed by atoms with Crippen LogP contribution in [-0.4, -0.2) is 53.4 Å². The molecular formula is C12H17N3O2. The van der Waals surface area contributed by atoms with E-state index in [2.05, 4.69) is 16.9 Å². The van der Waals surface area contributed by atoms with Gasteiger partial charge in [-0.25, -0.2) is 0 Å². The molecule has 0 saturated carbocycles. The smallest absolute Gasteiger partial charge is 0.255 e. The maximum atomic E-state index is 12.2. The van der Waals surface area contributed by atoms with Gasteiger partial charge in [-0.05, 0) is 20.0 Å². The molecule has 1 amide bonds. The van der Waals surface area contributed by atoms with Crippen LogP contribution < -0.4 is 5.56 Å². The predicted octanol–water partition coefficient (Wildman–Crippen LogP) is 0.151. The SMILES string of the molecule is CC1CN(C)CCN1C(=O)c1ccc(=O)[nH]c1. The van der Waals surface area contributed by atoms with Crippen LogP contribution in [0.3, 0.4) is 0 Å². The van der Waals surface area contributed by atoms with E-state index in [1.807, 2.05) is 11.8 Å². The number of likely N-dealkylation sites (N-methyl/N-ethyl adjacent to an activating group) is 1. The molecule has 92 valence electrons. The second-order valence-electron chi connectivity index (χ2n) is 4.55. The zero-order valence-corrected chi connectivity index (χ0v) is 10.1. The molecule has 0 bridgehead atoms. The molecule has 1 aromatic heterocycles. The van der Waals surface area contributed by atoms with Crippen molar-refractivity contribution < 1.29 is 4.79 Å². The number of pyridine rings is 1. The summed E-state index contributed by atoms with van der Waals surface area (Å²) in [6.45, 7) is 4.55. The first kappa shape index (κ1) is 11.9. The lowest BCUT2D eigenvalue weighted by molar-refractivity contribution is 0.0533. The van der Waals surface area contributed by atoms with Crippen LogP contribution in [0.1, 0.15) is 17.3 Å². The number of rotatable bonds is 1. The van der Waals surface area contributed by atoms with Gasteiger partial charge in [0.1, 0.15) is 0 Å². The molecule has 1 aliphatic heterocycles. The Kier molecular flexibility index (Phi) is 3.28. The quantitative estimate of drug-likeness (QED) is 0.754. The van der Waals surface area contributed by atoms with Gasteiger partial charge in [-0.2, -0.15) is 0 Å².